The van der Waals surface area contributed by atoms with Crippen LogP contribution in [0.3, 0.4) is 0 Å². The van der Waals surface area contributed by atoms with E-state index in [0.717, 1.165) is 12.8 Å². The molecule has 1 saturated carbocycles. The standard InChI is InChI=1S/C11H19NO4/c1-11(2,3)15-10(14)12-16-9-7-5-4-6-8(9)13/h9H,4-7H2,1-3H3,(H,12,14). The van der Waals surface area contributed by atoms with Gasteiger partial charge in [0.1, 0.15) is 11.7 Å². The molecule has 1 fully saturated rings. The lowest BCUT2D eigenvalue weighted by Gasteiger charge is -2.23. The highest BCUT2D eigenvalue weighted by atomic mass is 16.7. The van der Waals surface area contributed by atoms with Crippen LogP contribution in [-0.2, 0) is 14.4 Å². The molecule has 16 heavy (non-hydrogen) atoms. The first kappa shape index (κ1) is 13.0. The Bertz CT molecular complexity index is 270. The monoisotopic (exact) mass is 229 g/mol. The number of carbonyl (C=O) groups excluding carboxylic acids is 2. The molecule has 1 amide bonds. The largest absolute Gasteiger partial charge is 0.442 e. The highest BCUT2D eigenvalue weighted by Crippen LogP contribution is 2.16. The smallest absolute Gasteiger partial charge is 0.431 e. The van der Waals surface area contributed by atoms with Crippen molar-refractivity contribution in [1.82, 2.24) is 5.48 Å². The van der Waals surface area contributed by atoms with E-state index in [9.17, 15) is 9.59 Å². The van der Waals surface area contributed by atoms with Gasteiger partial charge in [0, 0.05) is 6.42 Å². The summed E-state index contributed by atoms with van der Waals surface area (Å²) < 4.78 is 4.98. The van der Waals surface area contributed by atoms with Crippen LogP contribution in [0.25, 0.3) is 0 Å². The summed E-state index contributed by atoms with van der Waals surface area (Å²) in [6.07, 6.45) is 1.87. The number of carbonyl (C=O) groups is 2. The number of Topliss-reactive ketones (excluding diaryl/α,β-unsaturated/α-hetero) is 1. The maximum atomic E-state index is 11.4. The fourth-order valence-corrected chi connectivity index (χ4v) is 1.49. The number of ketones is 1. The molecular weight excluding hydrogens is 210 g/mol. The van der Waals surface area contributed by atoms with Crippen molar-refractivity contribution in [2.24, 2.45) is 0 Å². The molecule has 0 aromatic carbocycles. The lowest BCUT2D eigenvalue weighted by atomic mass is 9.97. The van der Waals surface area contributed by atoms with Crippen LogP contribution in [0.1, 0.15) is 46.5 Å². The van der Waals surface area contributed by atoms with E-state index >= 15 is 0 Å². The minimum absolute atomic E-state index is 0.0438. The summed E-state index contributed by atoms with van der Waals surface area (Å²) in [5.74, 6) is 0.0438. The maximum absolute atomic E-state index is 11.4. The number of rotatable bonds is 2. The van der Waals surface area contributed by atoms with Crippen LogP contribution >= 0.6 is 0 Å². The van der Waals surface area contributed by atoms with E-state index in [0.29, 0.717) is 12.8 Å². The lowest BCUT2D eigenvalue weighted by Crippen LogP contribution is -2.38. The van der Waals surface area contributed by atoms with Gasteiger partial charge in [-0.1, -0.05) is 0 Å². The van der Waals surface area contributed by atoms with Gasteiger partial charge in [-0.05, 0) is 40.0 Å². The van der Waals surface area contributed by atoms with Crippen LogP contribution < -0.4 is 5.48 Å². The van der Waals surface area contributed by atoms with Crippen molar-refractivity contribution in [3.05, 3.63) is 0 Å². The van der Waals surface area contributed by atoms with Gasteiger partial charge >= 0.3 is 6.09 Å². The Morgan fingerprint density at radius 3 is 2.62 bits per heavy atom. The van der Waals surface area contributed by atoms with Crippen LogP contribution in [0, 0.1) is 0 Å². The van der Waals surface area contributed by atoms with E-state index in [1.54, 1.807) is 20.8 Å². The van der Waals surface area contributed by atoms with E-state index in [2.05, 4.69) is 5.48 Å². The molecule has 1 rings (SSSR count). The minimum atomic E-state index is -0.661. The van der Waals surface area contributed by atoms with Crippen molar-refractivity contribution >= 4 is 11.9 Å². The van der Waals surface area contributed by atoms with E-state index in [-0.39, 0.29) is 5.78 Å². The molecule has 0 aromatic heterocycles. The van der Waals surface area contributed by atoms with Crippen molar-refractivity contribution in [1.29, 1.82) is 0 Å². The zero-order valence-electron chi connectivity index (χ0n) is 10.0. The Morgan fingerprint density at radius 1 is 1.38 bits per heavy atom. The molecule has 1 N–H and O–H groups in total. The summed E-state index contributed by atoms with van der Waals surface area (Å²) in [5.41, 5.74) is 1.59. The molecule has 0 saturated heterocycles. The average Bonchev–Trinajstić information content (AvgIpc) is 2.14. The number of hydrogen-bond acceptors (Lipinski definition) is 4. The zero-order chi connectivity index (χ0) is 12.2. The predicted octanol–water partition coefficient (Wildman–Crippen LogP) is 1.95. The van der Waals surface area contributed by atoms with Gasteiger partial charge in [0.25, 0.3) is 0 Å². The summed E-state index contributed by atoms with van der Waals surface area (Å²) in [7, 11) is 0. The summed E-state index contributed by atoms with van der Waals surface area (Å²) in [4.78, 5) is 27.6. The van der Waals surface area contributed by atoms with E-state index in [1.807, 2.05) is 0 Å². The molecule has 0 heterocycles. The van der Waals surface area contributed by atoms with Gasteiger partial charge in [-0.3, -0.25) is 9.63 Å². The van der Waals surface area contributed by atoms with Crippen LogP contribution in [-0.4, -0.2) is 23.6 Å². The van der Waals surface area contributed by atoms with E-state index < -0.39 is 17.8 Å². The fourth-order valence-electron chi connectivity index (χ4n) is 1.49. The molecule has 1 aliphatic carbocycles. The number of hydrogen-bond donors (Lipinski definition) is 1. The lowest BCUT2D eigenvalue weighted by molar-refractivity contribution is -0.138. The number of amides is 1. The Labute approximate surface area is 95.4 Å². The third-order valence-corrected chi connectivity index (χ3v) is 2.18. The van der Waals surface area contributed by atoms with Crippen LogP contribution in [0.15, 0.2) is 0 Å². The molecule has 92 valence electrons. The highest BCUT2D eigenvalue weighted by Gasteiger charge is 2.25. The van der Waals surface area contributed by atoms with Gasteiger partial charge in [0.2, 0.25) is 0 Å². The van der Waals surface area contributed by atoms with Gasteiger partial charge in [0.15, 0.2) is 5.78 Å². The van der Waals surface area contributed by atoms with Gasteiger partial charge in [0.05, 0.1) is 0 Å². The molecule has 0 spiro atoms. The van der Waals surface area contributed by atoms with Crippen molar-refractivity contribution in [3.63, 3.8) is 0 Å². The average molecular weight is 229 g/mol. The Hall–Kier alpha value is -1.10. The normalized spacial score (nSPS) is 21.7. The summed E-state index contributed by atoms with van der Waals surface area (Å²) >= 11 is 0. The minimum Gasteiger partial charge on any atom is -0.442 e. The first-order chi connectivity index (χ1) is 7.38. The van der Waals surface area contributed by atoms with Crippen LogP contribution in [0.5, 0.6) is 0 Å². The first-order valence-corrected chi connectivity index (χ1v) is 5.56. The second-order valence-electron chi connectivity index (χ2n) is 4.92. The highest BCUT2D eigenvalue weighted by molar-refractivity contribution is 5.83. The molecule has 0 bridgehead atoms. The second-order valence-corrected chi connectivity index (χ2v) is 4.92. The van der Waals surface area contributed by atoms with E-state index in [1.165, 1.54) is 0 Å². The topological polar surface area (TPSA) is 64.6 Å². The Kier molecular flexibility index (Phi) is 4.29. The molecule has 5 nitrogen and oxygen atoms in total. The SMILES string of the molecule is CC(C)(C)OC(=O)NOC1CCCCC1=O. The second kappa shape index (κ2) is 5.30. The number of hydroxylamine groups is 1. The summed E-state index contributed by atoms with van der Waals surface area (Å²) in [5, 5.41) is 0. The third-order valence-electron chi connectivity index (χ3n) is 2.18. The molecule has 0 radical (unpaired) electrons. The quantitative estimate of drug-likeness (QED) is 0.735. The molecule has 1 unspecified atom stereocenters. The number of nitrogens with one attached hydrogen (secondary N) is 1. The summed E-state index contributed by atoms with van der Waals surface area (Å²) in [6.45, 7) is 5.29. The molecule has 0 aliphatic heterocycles. The summed E-state index contributed by atoms with van der Waals surface area (Å²) in [6, 6.07) is 0. The van der Waals surface area contributed by atoms with Crippen molar-refractivity contribution < 1.29 is 19.2 Å². The molecule has 5 heteroatoms. The van der Waals surface area contributed by atoms with E-state index in [4.69, 9.17) is 9.57 Å². The van der Waals surface area contributed by atoms with Crippen molar-refractivity contribution in [3.8, 4) is 0 Å². The maximum Gasteiger partial charge on any atom is 0.431 e. The third kappa shape index (κ3) is 4.61. The van der Waals surface area contributed by atoms with Gasteiger partial charge in [-0.15, -0.1) is 0 Å². The fraction of sp³-hybridized carbons (Fsp3) is 0.818. The van der Waals surface area contributed by atoms with Crippen molar-refractivity contribution in [2.45, 2.75) is 58.2 Å². The van der Waals surface area contributed by atoms with Gasteiger partial charge < -0.3 is 4.74 Å². The Balaban J connectivity index is 2.28. The zero-order valence-corrected chi connectivity index (χ0v) is 10.0. The number of ether oxygens (including phenoxy) is 1. The predicted molar refractivity (Wildman–Crippen MR) is 57.7 cm³/mol. The van der Waals surface area contributed by atoms with Gasteiger partial charge in [-0.25, -0.2) is 4.79 Å². The first-order valence-electron chi connectivity index (χ1n) is 5.56. The molecule has 1 atom stereocenters. The molecule has 1 aliphatic rings. The Morgan fingerprint density at radius 2 is 2.06 bits per heavy atom. The van der Waals surface area contributed by atoms with Crippen LogP contribution in [0.4, 0.5) is 4.79 Å². The molecular formula is C11H19NO4. The molecule has 0 aromatic rings. The van der Waals surface area contributed by atoms with Gasteiger partial charge in [-0.2, -0.15) is 5.48 Å². The van der Waals surface area contributed by atoms with Crippen LogP contribution in [0.2, 0.25) is 0 Å². The van der Waals surface area contributed by atoms with Crippen molar-refractivity contribution in [2.75, 3.05) is 0 Å².